The van der Waals surface area contributed by atoms with E-state index in [-0.39, 0.29) is 18.2 Å². The second kappa shape index (κ2) is 14.0. The van der Waals surface area contributed by atoms with Crippen LogP contribution in [0.2, 0.25) is 0 Å². The molecule has 0 saturated carbocycles. The fourth-order valence-electron chi connectivity index (χ4n) is 1.65. The minimum absolute atomic E-state index is 0.0496. The summed E-state index contributed by atoms with van der Waals surface area (Å²) in [6.07, 6.45) is 7.68. The van der Waals surface area contributed by atoms with Crippen LogP contribution in [-0.4, -0.2) is 31.1 Å². The molecule has 7 heteroatoms. The number of hydrogen-bond acceptors (Lipinski definition) is 3. The van der Waals surface area contributed by atoms with Crippen LogP contribution >= 0.6 is 31.9 Å². The molecular formula is C18H27Br2N3O2. The summed E-state index contributed by atoms with van der Waals surface area (Å²) in [5.74, 6) is 0.315. The maximum absolute atomic E-state index is 12.2. The number of halogens is 2. The van der Waals surface area contributed by atoms with Gasteiger partial charge in [-0.15, -0.1) is 0 Å². The Morgan fingerprint density at radius 3 is 2.44 bits per heavy atom. The molecule has 2 amide bonds. The van der Waals surface area contributed by atoms with E-state index >= 15 is 0 Å². The molecule has 0 unspecified atom stereocenters. The zero-order valence-electron chi connectivity index (χ0n) is 15.2. The molecule has 0 spiro atoms. The number of aliphatic imine (C=N–C) groups is 1. The average Bonchev–Trinajstić information content (AvgIpc) is 2.51. The summed E-state index contributed by atoms with van der Waals surface area (Å²) in [5, 5.41) is 5.60. The predicted octanol–water partition coefficient (Wildman–Crippen LogP) is 4.21. The van der Waals surface area contributed by atoms with Crippen LogP contribution in [0.5, 0.6) is 0 Å². The average molecular weight is 477 g/mol. The van der Waals surface area contributed by atoms with Crippen molar-refractivity contribution in [3.05, 3.63) is 32.9 Å². The number of carbonyl (C=O) groups excluding carboxylic acids is 2. The zero-order chi connectivity index (χ0) is 19.2. The van der Waals surface area contributed by atoms with E-state index in [1.807, 2.05) is 13.8 Å². The van der Waals surface area contributed by atoms with Gasteiger partial charge in [-0.25, -0.2) is 0 Å². The third-order valence-electron chi connectivity index (χ3n) is 2.89. The van der Waals surface area contributed by atoms with Crippen LogP contribution in [0.3, 0.4) is 0 Å². The highest BCUT2D eigenvalue weighted by Crippen LogP contribution is 2.10. The molecule has 0 bridgehead atoms. The third kappa shape index (κ3) is 13.7. The van der Waals surface area contributed by atoms with Crippen molar-refractivity contribution >= 4 is 49.9 Å². The summed E-state index contributed by atoms with van der Waals surface area (Å²) in [6.45, 7) is 9.18. The zero-order valence-corrected chi connectivity index (χ0v) is 18.4. The van der Waals surface area contributed by atoms with Crippen molar-refractivity contribution < 1.29 is 9.59 Å². The van der Waals surface area contributed by atoms with Crippen LogP contribution in [0.25, 0.3) is 0 Å². The molecule has 0 rings (SSSR count). The second-order valence-electron chi connectivity index (χ2n) is 5.78. The molecule has 140 valence electrons. The molecule has 25 heavy (non-hydrogen) atoms. The van der Waals surface area contributed by atoms with E-state index in [0.717, 1.165) is 10.9 Å². The van der Waals surface area contributed by atoms with Gasteiger partial charge in [0.25, 0.3) is 5.91 Å². The molecule has 0 radical (unpaired) electrons. The summed E-state index contributed by atoms with van der Waals surface area (Å²) in [6, 6.07) is 0. The largest absolute Gasteiger partial charge is 0.356 e. The van der Waals surface area contributed by atoms with Crippen molar-refractivity contribution in [2.75, 3.05) is 13.1 Å². The van der Waals surface area contributed by atoms with Crippen LogP contribution < -0.4 is 10.6 Å². The third-order valence-corrected chi connectivity index (χ3v) is 3.65. The Morgan fingerprint density at radius 2 is 1.88 bits per heavy atom. The quantitative estimate of drug-likeness (QED) is 0.281. The second-order valence-corrected chi connectivity index (χ2v) is 7.95. The number of nitrogens with zero attached hydrogens (tertiary/aromatic N) is 1. The molecule has 0 aliphatic heterocycles. The van der Waals surface area contributed by atoms with Crippen LogP contribution in [0.4, 0.5) is 0 Å². The van der Waals surface area contributed by atoms with Gasteiger partial charge >= 0.3 is 0 Å². The van der Waals surface area contributed by atoms with Crippen LogP contribution in [-0.2, 0) is 9.59 Å². The van der Waals surface area contributed by atoms with E-state index in [9.17, 15) is 9.59 Å². The van der Waals surface area contributed by atoms with Crippen molar-refractivity contribution in [1.82, 2.24) is 10.6 Å². The Hall–Kier alpha value is -1.21. The van der Waals surface area contributed by atoms with Crippen molar-refractivity contribution in [1.29, 1.82) is 0 Å². The highest BCUT2D eigenvalue weighted by molar-refractivity contribution is 9.12. The number of amides is 2. The van der Waals surface area contributed by atoms with Gasteiger partial charge in [-0.1, -0.05) is 35.9 Å². The van der Waals surface area contributed by atoms with Gasteiger partial charge in [0.15, 0.2) is 0 Å². The highest BCUT2D eigenvalue weighted by Gasteiger charge is 2.06. The Balaban J connectivity index is 4.86. The SMILES string of the molecule is CCNC(=O)C\C=C(Br)/C=N\C=C(/C=C(\C)Br)C(=O)NCCC(C)C. The fraction of sp³-hybridized carbons (Fsp3) is 0.500. The van der Waals surface area contributed by atoms with Gasteiger partial charge < -0.3 is 10.6 Å². The molecule has 0 aliphatic carbocycles. The Bertz CT molecular complexity index is 561. The van der Waals surface area contributed by atoms with E-state index in [2.05, 4.69) is 61.3 Å². The van der Waals surface area contributed by atoms with E-state index in [1.54, 1.807) is 18.4 Å². The van der Waals surface area contributed by atoms with Crippen LogP contribution in [0.15, 0.2) is 37.9 Å². The van der Waals surface area contributed by atoms with Crippen LogP contribution in [0, 0.1) is 5.92 Å². The summed E-state index contributed by atoms with van der Waals surface area (Å²) in [5.41, 5.74) is 0.457. The van der Waals surface area contributed by atoms with Crippen molar-refractivity contribution in [3.63, 3.8) is 0 Å². The molecule has 0 atom stereocenters. The monoisotopic (exact) mass is 475 g/mol. The summed E-state index contributed by atoms with van der Waals surface area (Å²) >= 11 is 6.67. The molecule has 0 saturated heterocycles. The molecular weight excluding hydrogens is 450 g/mol. The van der Waals surface area contributed by atoms with Gasteiger partial charge in [0.1, 0.15) is 0 Å². The topological polar surface area (TPSA) is 70.6 Å². The Labute approximate surface area is 167 Å². The lowest BCUT2D eigenvalue weighted by Crippen LogP contribution is -2.26. The number of nitrogens with one attached hydrogen (secondary N) is 2. The summed E-state index contributed by atoms with van der Waals surface area (Å²) in [7, 11) is 0. The molecule has 0 aromatic heterocycles. The first kappa shape index (κ1) is 23.8. The lowest BCUT2D eigenvalue weighted by atomic mass is 10.1. The minimum Gasteiger partial charge on any atom is -0.356 e. The fourth-order valence-corrected chi connectivity index (χ4v) is 2.18. The maximum atomic E-state index is 12.2. The van der Waals surface area contributed by atoms with E-state index in [1.165, 1.54) is 6.20 Å². The van der Waals surface area contributed by atoms with Gasteiger partial charge in [0.2, 0.25) is 5.91 Å². The smallest absolute Gasteiger partial charge is 0.252 e. The first-order chi connectivity index (χ1) is 11.8. The standard InChI is InChI=1S/C18H27Br2N3O2/c1-5-22-17(24)7-6-16(20)12-21-11-15(10-14(4)19)18(25)23-9-8-13(2)3/h6,10-13H,5,7-9H2,1-4H3,(H,22,24)(H,23,25)/b14-10+,15-11+,16-6+,21-12-. The van der Waals surface area contributed by atoms with Gasteiger partial charge in [-0.05, 0) is 52.7 Å². The number of carbonyl (C=O) groups is 2. The van der Waals surface area contributed by atoms with Crippen LogP contribution in [0.1, 0.15) is 40.5 Å². The van der Waals surface area contributed by atoms with Crippen molar-refractivity contribution in [2.45, 2.75) is 40.5 Å². The van der Waals surface area contributed by atoms with E-state index in [4.69, 9.17) is 0 Å². The molecule has 0 aliphatic rings. The molecule has 0 aromatic carbocycles. The minimum atomic E-state index is -0.168. The first-order valence-electron chi connectivity index (χ1n) is 8.23. The summed E-state index contributed by atoms with van der Waals surface area (Å²) < 4.78 is 1.51. The van der Waals surface area contributed by atoms with E-state index in [0.29, 0.717) is 29.1 Å². The predicted molar refractivity (Wildman–Crippen MR) is 112 cm³/mol. The van der Waals surface area contributed by atoms with E-state index < -0.39 is 0 Å². The Morgan fingerprint density at radius 1 is 1.20 bits per heavy atom. The van der Waals surface area contributed by atoms with Crippen molar-refractivity contribution in [2.24, 2.45) is 10.9 Å². The lowest BCUT2D eigenvalue weighted by molar-refractivity contribution is -0.120. The first-order valence-corrected chi connectivity index (χ1v) is 9.82. The molecule has 2 N–H and O–H groups in total. The molecule has 0 aromatic rings. The van der Waals surface area contributed by atoms with Gasteiger partial charge in [-0.2, -0.15) is 0 Å². The lowest BCUT2D eigenvalue weighted by Gasteiger charge is -2.07. The summed E-state index contributed by atoms with van der Waals surface area (Å²) in [4.78, 5) is 27.8. The highest BCUT2D eigenvalue weighted by atomic mass is 79.9. The normalized spacial score (nSPS) is 13.5. The van der Waals surface area contributed by atoms with Gasteiger partial charge in [-0.3, -0.25) is 14.6 Å². The number of allylic oxidation sites excluding steroid dienone is 2. The molecule has 0 fully saturated rings. The number of hydrogen-bond donors (Lipinski definition) is 2. The van der Waals surface area contributed by atoms with Gasteiger partial charge in [0, 0.05) is 36.4 Å². The maximum Gasteiger partial charge on any atom is 0.252 e. The Kier molecular flexibility index (Phi) is 13.3. The molecule has 5 nitrogen and oxygen atoms in total. The molecule has 0 heterocycles. The van der Waals surface area contributed by atoms with Crippen molar-refractivity contribution in [3.8, 4) is 0 Å². The van der Waals surface area contributed by atoms with Gasteiger partial charge in [0.05, 0.1) is 5.57 Å². The number of rotatable bonds is 10.